The highest BCUT2D eigenvalue weighted by molar-refractivity contribution is 5.54. The molecule has 2 atom stereocenters. The second-order valence-corrected chi connectivity index (χ2v) is 6.03. The lowest BCUT2D eigenvalue weighted by Crippen LogP contribution is -2.19. The van der Waals surface area contributed by atoms with Gasteiger partial charge in [0.1, 0.15) is 5.75 Å². The molecule has 112 valence electrons. The van der Waals surface area contributed by atoms with Crippen LogP contribution in [0.25, 0.3) is 0 Å². The zero-order valence-corrected chi connectivity index (χ0v) is 13.2. The fourth-order valence-electron chi connectivity index (χ4n) is 3.21. The quantitative estimate of drug-likeness (QED) is 0.749. The second kappa shape index (κ2) is 7.56. The van der Waals surface area contributed by atoms with E-state index in [0.717, 1.165) is 18.3 Å². The maximum absolute atomic E-state index is 5.55. The standard InChI is InChI=1S/C18H29NO/c1-4-15-7-6-8-16(10-9-15)19-18-12-11-17(20-5-2)13-14(18)3/h11-13,15-16,19H,4-10H2,1-3H3. The van der Waals surface area contributed by atoms with Gasteiger partial charge in [-0.05, 0) is 62.8 Å². The largest absolute Gasteiger partial charge is 0.494 e. The summed E-state index contributed by atoms with van der Waals surface area (Å²) >= 11 is 0. The van der Waals surface area contributed by atoms with E-state index in [-0.39, 0.29) is 0 Å². The van der Waals surface area contributed by atoms with Crippen LogP contribution in [0.1, 0.15) is 57.9 Å². The summed E-state index contributed by atoms with van der Waals surface area (Å²) in [5.41, 5.74) is 2.56. The average Bonchev–Trinajstić information content (AvgIpc) is 2.67. The molecule has 0 amide bonds. The van der Waals surface area contributed by atoms with E-state index in [4.69, 9.17) is 4.74 Å². The van der Waals surface area contributed by atoms with Crippen LogP contribution in [0.4, 0.5) is 5.69 Å². The number of benzene rings is 1. The van der Waals surface area contributed by atoms with Crippen molar-refractivity contribution >= 4 is 5.69 Å². The minimum atomic E-state index is 0.642. The third-order valence-corrected chi connectivity index (χ3v) is 4.53. The average molecular weight is 275 g/mol. The number of ether oxygens (including phenoxy) is 1. The zero-order valence-electron chi connectivity index (χ0n) is 13.2. The lowest BCUT2D eigenvalue weighted by molar-refractivity contribution is 0.340. The highest BCUT2D eigenvalue weighted by Crippen LogP contribution is 2.29. The third-order valence-electron chi connectivity index (χ3n) is 4.53. The molecule has 0 radical (unpaired) electrons. The van der Waals surface area contributed by atoms with Crippen molar-refractivity contribution in [2.24, 2.45) is 5.92 Å². The van der Waals surface area contributed by atoms with Crippen LogP contribution in [0.5, 0.6) is 5.75 Å². The van der Waals surface area contributed by atoms with Crippen LogP contribution in [0, 0.1) is 12.8 Å². The summed E-state index contributed by atoms with van der Waals surface area (Å²) in [6.07, 6.45) is 8.12. The summed E-state index contributed by atoms with van der Waals surface area (Å²) < 4.78 is 5.55. The van der Waals surface area contributed by atoms with E-state index in [1.165, 1.54) is 49.8 Å². The van der Waals surface area contributed by atoms with Gasteiger partial charge >= 0.3 is 0 Å². The molecular formula is C18H29NO. The molecule has 1 aliphatic rings. The Hall–Kier alpha value is -1.18. The van der Waals surface area contributed by atoms with Crippen molar-refractivity contribution < 1.29 is 4.74 Å². The Bertz CT molecular complexity index is 416. The van der Waals surface area contributed by atoms with Gasteiger partial charge in [-0.3, -0.25) is 0 Å². The number of hydrogen-bond acceptors (Lipinski definition) is 2. The maximum Gasteiger partial charge on any atom is 0.119 e. The molecule has 20 heavy (non-hydrogen) atoms. The molecule has 1 saturated carbocycles. The summed E-state index contributed by atoms with van der Waals surface area (Å²) in [5.74, 6) is 1.92. The van der Waals surface area contributed by atoms with E-state index in [9.17, 15) is 0 Å². The molecule has 0 aliphatic heterocycles. The summed E-state index contributed by atoms with van der Waals surface area (Å²) in [4.78, 5) is 0. The van der Waals surface area contributed by atoms with Crippen LogP contribution in [-0.4, -0.2) is 12.6 Å². The highest BCUT2D eigenvalue weighted by Gasteiger charge is 2.18. The molecule has 0 heterocycles. The van der Waals surface area contributed by atoms with Crippen molar-refractivity contribution in [1.82, 2.24) is 0 Å². The van der Waals surface area contributed by atoms with Crippen molar-refractivity contribution in [2.75, 3.05) is 11.9 Å². The number of aryl methyl sites for hydroxylation is 1. The Morgan fingerprint density at radius 1 is 1.15 bits per heavy atom. The first-order chi connectivity index (χ1) is 9.72. The van der Waals surface area contributed by atoms with Crippen molar-refractivity contribution in [3.63, 3.8) is 0 Å². The fraction of sp³-hybridized carbons (Fsp3) is 0.667. The second-order valence-electron chi connectivity index (χ2n) is 6.03. The maximum atomic E-state index is 5.55. The molecule has 1 aromatic rings. The molecule has 1 aliphatic carbocycles. The molecule has 0 bridgehead atoms. The third kappa shape index (κ3) is 4.16. The molecular weight excluding hydrogens is 246 g/mol. The molecule has 2 nitrogen and oxygen atoms in total. The molecule has 0 aromatic heterocycles. The van der Waals surface area contributed by atoms with E-state index < -0.39 is 0 Å². The molecule has 2 rings (SSSR count). The van der Waals surface area contributed by atoms with Gasteiger partial charge in [0.15, 0.2) is 0 Å². The smallest absolute Gasteiger partial charge is 0.119 e. The van der Waals surface area contributed by atoms with Crippen molar-refractivity contribution in [3.05, 3.63) is 23.8 Å². The zero-order chi connectivity index (χ0) is 14.4. The van der Waals surface area contributed by atoms with Gasteiger partial charge in [0, 0.05) is 11.7 Å². The van der Waals surface area contributed by atoms with E-state index in [1.807, 2.05) is 6.92 Å². The molecule has 0 spiro atoms. The predicted octanol–water partition coefficient (Wildman–Crippen LogP) is 5.16. The molecule has 1 aromatic carbocycles. The summed E-state index contributed by atoms with van der Waals surface area (Å²) in [5, 5.41) is 3.75. The minimum Gasteiger partial charge on any atom is -0.494 e. The number of hydrogen-bond donors (Lipinski definition) is 1. The molecule has 2 unspecified atom stereocenters. The van der Waals surface area contributed by atoms with Gasteiger partial charge in [-0.25, -0.2) is 0 Å². The van der Waals surface area contributed by atoms with Crippen molar-refractivity contribution in [3.8, 4) is 5.75 Å². The van der Waals surface area contributed by atoms with Crippen LogP contribution in [0.3, 0.4) is 0 Å². The Kier molecular flexibility index (Phi) is 5.75. The Labute approximate surface area is 123 Å². The molecule has 1 N–H and O–H groups in total. The van der Waals surface area contributed by atoms with Crippen molar-refractivity contribution in [2.45, 2.75) is 65.3 Å². The van der Waals surface area contributed by atoms with Crippen LogP contribution in [0.2, 0.25) is 0 Å². The summed E-state index contributed by atoms with van der Waals surface area (Å²) in [6.45, 7) is 7.25. The Balaban J connectivity index is 1.95. The predicted molar refractivity (Wildman–Crippen MR) is 86.6 cm³/mol. The molecule has 1 fully saturated rings. The van der Waals surface area contributed by atoms with E-state index >= 15 is 0 Å². The lowest BCUT2D eigenvalue weighted by Gasteiger charge is -2.20. The van der Waals surface area contributed by atoms with Crippen LogP contribution in [0.15, 0.2) is 18.2 Å². The lowest BCUT2D eigenvalue weighted by atomic mass is 9.98. The summed E-state index contributed by atoms with van der Waals surface area (Å²) in [6, 6.07) is 7.02. The van der Waals surface area contributed by atoms with E-state index in [0.29, 0.717) is 6.04 Å². The van der Waals surface area contributed by atoms with Crippen LogP contribution in [-0.2, 0) is 0 Å². The first-order valence-electron chi connectivity index (χ1n) is 8.22. The number of rotatable bonds is 5. The first kappa shape index (κ1) is 15.2. The van der Waals surface area contributed by atoms with Crippen molar-refractivity contribution in [1.29, 1.82) is 0 Å². The molecule has 2 heteroatoms. The highest BCUT2D eigenvalue weighted by atomic mass is 16.5. The fourth-order valence-corrected chi connectivity index (χ4v) is 3.21. The minimum absolute atomic E-state index is 0.642. The van der Waals surface area contributed by atoms with Gasteiger partial charge in [0.2, 0.25) is 0 Å². The topological polar surface area (TPSA) is 21.3 Å². The van der Waals surface area contributed by atoms with E-state index in [1.54, 1.807) is 0 Å². The van der Waals surface area contributed by atoms with Gasteiger partial charge < -0.3 is 10.1 Å². The van der Waals surface area contributed by atoms with Crippen LogP contribution < -0.4 is 10.1 Å². The SMILES string of the molecule is CCOc1ccc(NC2CCCC(CC)CC2)c(C)c1. The van der Waals surface area contributed by atoms with Gasteiger partial charge in [-0.15, -0.1) is 0 Å². The van der Waals surface area contributed by atoms with E-state index in [2.05, 4.69) is 37.4 Å². The Morgan fingerprint density at radius 3 is 2.70 bits per heavy atom. The number of nitrogens with one attached hydrogen (secondary N) is 1. The van der Waals surface area contributed by atoms with Crippen LogP contribution >= 0.6 is 0 Å². The van der Waals surface area contributed by atoms with Gasteiger partial charge in [-0.2, -0.15) is 0 Å². The summed E-state index contributed by atoms with van der Waals surface area (Å²) in [7, 11) is 0. The first-order valence-corrected chi connectivity index (χ1v) is 8.22. The normalized spacial score (nSPS) is 23.1. The monoisotopic (exact) mass is 275 g/mol. The van der Waals surface area contributed by atoms with Gasteiger partial charge in [0.25, 0.3) is 0 Å². The Morgan fingerprint density at radius 2 is 2.00 bits per heavy atom. The van der Waals surface area contributed by atoms with Gasteiger partial charge in [0.05, 0.1) is 6.61 Å². The number of anilines is 1. The van der Waals surface area contributed by atoms with Gasteiger partial charge in [-0.1, -0.05) is 26.2 Å². The molecule has 0 saturated heterocycles.